The van der Waals surface area contributed by atoms with Crippen molar-refractivity contribution in [1.29, 1.82) is 0 Å². The first-order valence-electron chi connectivity index (χ1n) is 8.73. The van der Waals surface area contributed by atoms with Crippen molar-refractivity contribution >= 4 is 17.5 Å². The molecule has 0 spiro atoms. The van der Waals surface area contributed by atoms with Crippen LogP contribution < -0.4 is 10.6 Å². The van der Waals surface area contributed by atoms with E-state index in [1.807, 2.05) is 37.3 Å². The van der Waals surface area contributed by atoms with Gasteiger partial charge in [0.1, 0.15) is 0 Å². The molecule has 2 aromatic heterocycles. The molecule has 0 saturated heterocycles. The molecule has 136 valence electrons. The van der Waals surface area contributed by atoms with Crippen molar-refractivity contribution in [2.45, 2.75) is 20.3 Å². The molecule has 4 rings (SSSR count). The lowest BCUT2D eigenvalue weighted by molar-refractivity contribution is -0.114. The Morgan fingerprint density at radius 3 is 2.78 bits per heavy atom. The molecule has 0 saturated carbocycles. The molecular formula is C20H19N5O2. The summed E-state index contributed by atoms with van der Waals surface area (Å²) in [4.78, 5) is 35.6. The fraction of sp³-hybridized carbons (Fsp3) is 0.200. The Kier molecular flexibility index (Phi) is 4.19. The molecule has 7 heteroatoms. The largest absolute Gasteiger partial charge is 0.356 e. The first-order valence-corrected chi connectivity index (χ1v) is 8.73. The number of hydrogen-bond acceptors (Lipinski definition) is 4. The number of aryl methyl sites for hydroxylation is 1. The van der Waals surface area contributed by atoms with Crippen molar-refractivity contribution in [3.8, 4) is 22.8 Å². The molecule has 2 amide bonds. The molecule has 0 aliphatic carbocycles. The van der Waals surface area contributed by atoms with E-state index >= 15 is 0 Å². The van der Waals surface area contributed by atoms with Crippen LogP contribution in [0.5, 0.6) is 0 Å². The number of rotatable bonds is 3. The number of fused-ring (bicyclic) bond motifs is 1. The van der Waals surface area contributed by atoms with Crippen LogP contribution in [-0.4, -0.2) is 33.3 Å². The van der Waals surface area contributed by atoms with Gasteiger partial charge in [0.15, 0.2) is 5.82 Å². The van der Waals surface area contributed by atoms with Crippen LogP contribution in [-0.2, 0) is 11.2 Å². The zero-order valence-corrected chi connectivity index (χ0v) is 15.1. The highest BCUT2D eigenvalue weighted by atomic mass is 16.2. The van der Waals surface area contributed by atoms with Crippen LogP contribution in [0, 0.1) is 6.92 Å². The normalized spacial score (nSPS) is 13.0. The lowest BCUT2D eigenvalue weighted by Crippen LogP contribution is -2.31. The Hall–Kier alpha value is -3.48. The van der Waals surface area contributed by atoms with Gasteiger partial charge >= 0.3 is 0 Å². The summed E-state index contributed by atoms with van der Waals surface area (Å²) in [5.41, 5.74) is 5.73. The maximum absolute atomic E-state index is 12.0. The van der Waals surface area contributed by atoms with Crippen LogP contribution in [0.15, 0.2) is 36.5 Å². The summed E-state index contributed by atoms with van der Waals surface area (Å²) in [6.45, 7) is 4.07. The molecule has 3 N–H and O–H groups in total. The highest BCUT2D eigenvalue weighted by Gasteiger charge is 2.20. The van der Waals surface area contributed by atoms with Crippen LogP contribution >= 0.6 is 0 Å². The molecular weight excluding hydrogens is 342 g/mol. The van der Waals surface area contributed by atoms with E-state index in [4.69, 9.17) is 0 Å². The monoisotopic (exact) mass is 361 g/mol. The van der Waals surface area contributed by atoms with Crippen LogP contribution in [0.1, 0.15) is 28.5 Å². The van der Waals surface area contributed by atoms with Gasteiger partial charge in [0.05, 0.1) is 17.0 Å². The molecule has 1 aliphatic rings. The molecule has 3 aromatic rings. The first-order chi connectivity index (χ1) is 13.0. The predicted octanol–water partition coefficient (Wildman–Crippen LogP) is 2.69. The van der Waals surface area contributed by atoms with Crippen LogP contribution in [0.2, 0.25) is 0 Å². The number of benzene rings is 1. The minimum atomic E-state index is -0.111. The summed E-state index contributed by atoms with van der Waals surface area (Å²) in [7, 11) is 0. The maximum Gasteiger partial charge on any atom is 0.253 e. The second-order valence-corrected chi connectivity index (χ2v) is 6.56. The number of anilines is 1. The summed E-state index contributed by atoms with van der Waals surface area (Å²) in [6.07, 6.45) is 2.49. The second kappa shape index (κ2) is 6.68. The molecule has 0 bridgehead atoms. The zero-order valence-electron chi connectivity index (χ0n) is 15.1. The van der Waals surface area contributed by atoms with Crippen molar-refractivity contribution in [2.24, 2.45) is 0 Å². The molecule has 0 fully saturated rings. The van der Waals surface area contributed by atoms with Gasteiger partial charge < -0.3 is 15.6 Å². The number of nitrogens with zero attached hydrogens (tertiary/aromatic N) is 2. The lowest BCUT2D eigenvalue weighted by atomic mass is 10.1. The van der Waals surface area contributed by atoms with Gasteiger partial charge in [-0.15, -0.1) is 0 Å². The summed E-state index contributed by atoms with van der Waals surface area (Å²) in [6, 6.07) is 9.27. The molecule has 3 heterocycles. The van der Waals surface area contributed by atoms with E-state index in [2.05, 4.69) is 25.6 Å². The van der Waals surface area contributed by atoms with E-state index in [1.165, 1.54) is 6.92 Å². The van der Waals surface area contributed by atoms with Crippen molar-refractivity contribution in [1.82, 2.24) is 20.3 Å². The van der Waals surface area contributed by atoms with Crippen molar-refractivity contribution in [3.05, 3.63) is 53.3 Å². The Balaban J connectivity index is 1.69. The molecule has 1 aromatic carbocycles. The predicted molar refractivity (Wildman–Crippen MR) is 102 cm³/mol. The van der Waals surface area contributed by atoms with Crippen LogP contribution in [0.25, 0.3) is 22.8 Å². The quantitative estimate of drug-likeness (QED) is 0.668. The molecule has 0 atom stereocenters. The van der Waals surface area contributed by atoms with Gasteiger partial charge in [0.2, 0.25) is 5.91 Å². The third-order valence-electron chi connectivity index (χ3n) is 4.52. The summed E-state index contributed by atoms with van der Waals surface area (Å²) in [5.74, 6) is 0.425. The number of aromatic nitrogens is 3. The van der Waals surface area contributed by atoms with Crippen molar-refractivity contribution in [3.63, 3.8) is 0 Å². The van der Waals surface area contributed by atoms with Gasteiger partial charge in [-0.25, -0.2) is 9.97 Å². The highest BCUT2D eigenvalue weighted by Crippen LogP contribution is 2.27. The number of amides is 2. The number of carbonyl (C=O) groups is 2. The van der Waals surface area contributed by atoms with Gasteiger partial charge in [-0.05, 0) is 42.8 Å². The number of aromatic amines is 1. The molecule has 27 heavy (non-hydrogen) atoms. The van der Waals surface area contributed by atoms with Crippen LogP contribution in [0.4, 0.5) is 5.69 Å². The SMILES string of the molecule is CC(=O)Nc1ccc(-c2nccc(-c3cc4c([nH]3)CCNC4=O)n2)c(C)c1. The number of nitrogens with one attached hydrogen (secondary N) is 3. The van der Waals surface area contributed by atoms with E-state index in [-0.39, 0.29) is 11.8 Å². The van der Waals surface area contributed by atoms with E-state index in [0.29, 0.717) is 17.9 Å². The minimum Gasteiger partial charge on any atom is -0.356 e. The Bertz CT molecular complexity index is 1050. The fourth-order valence-corrected chi connectivity index (χ4v) is 3.27. The van der Waals surface area contributed by atoms with Gasteiger partial charge in [0.25, 0.3) is 5.91 Å². The molecule has 0 radical (unpaired) electrons. The number of H-pyrrole nitrogens is 1. The Morgan fingerprint density at radius 2 is 2.04 bits per heavy atom. The average Bonchev–Trinajstić information content (AvgIpc) is 3.07. The molecule has 0 unspecified atom stereocenters. The molecule has 7 nitrogen and oxygen atoms in total. The van der Waals surface area contributed by atoms with Gasteiger partial charge in [-0.2, -0.15) is 0 Å². The van der Waals surface area contributed by atoms with Gasteiger partial charge in [-0.1, -0.05) is 0 Å². The van der Waals surface area contributed by atoms with Crippen LogP contribution in [0.3, 0.4) is 0 Å². The number of carbonyl (C=O) groups excluding carboxylic acids is 2. The van der Waals surface area contributed by atoms with Gasteiger partial charge in [-0.3, -0.25) is 9.59 Å². The Labute approximate surface area is 156 Å². The van der Waals surface area contributed by atoms with E-state index in [0.717, 1.165) is 40.3 Å². The van der Waals surface area contributed by atoms with E-state index < -0.39 is 0 Å². The Morgan fingerprint density at radius 1 is 1.19 bits per heavy atom. The fourth-order valence-electron chi connectivity index (χ4n) is 3.27. The van der Waals surface area contributed by atoms with E-state index in [1.54, 1.807) is 6.20 Å². The minimum absolute atomic E-state index is 0.0579. The van der Waals surface area contributed by atoms with E-state index in [9.17, 15) is 9.59 Å². The third-order valence-corrected chi connectivity index (χ3v) is 4.52. The topological polar surface area (TPSA) is 99.8 Å². The maximum atomic E-state index is 12.0. The van der Waals surface area contributed by atoms with Crippen molar-refractivity contribution in [2.75, 3.05) is 11.9 Å². The average molecular weight is 361 g/mol. The highest BCUT2D eigenvalue weighted by molar-refractivity contribution is 5.97. The first kappa shape index (κ1) is 17.0. The standard InChI is InChI=1S/C20H19N5O2/c1-11-9-13(23-12(2)26)3-4-14(11)19-21-7-6-17(25-19)18-10-15-16(24-18)5-8-22-20(15)27/h3-4,6-7,9-10,24H,5,8H2,1-2H3,(H,22,27)(H,23,26). The van der Waals surface area contributed by atoms with Gasteiger partial charge in [0, 0.05) is 43.0 Å². The summed E-state index contributed by atoms with van der Waals surface area (Å²) < 4.78 is 0. The van der Waals surface area contributed by atoms with Crippen molar-refractivity contribution < 1.29 is 9.59 Å². The lowest BCUT2D eigenvalue weighted by Gasteiger charge is -2.11. The summed E-state index contributed by atoms with van der Waals surface area (Å²) >= 11 is 0. The third kappa shape index (κ3) is 3.31. The summed E-state index contributed by atoms with van der Waals surface area (Å²) in [5, 5.41) is 5.62. The zero-order chi connectivity index (χ0) is 19.0. The number of hydrogen-bond donors (Lipinski definition) is 3. The second-order valence-electron chi connectivity index (χ2n) is 6.56. The smallest absolute Gasteiger partial charge is 0.253 e. The molecule has 1 aliphatic heterocycles.